The van der Waals surface area contributed by atoms with Crippen LogP contribution >= 0.6 is 0 Å². The first-order valence-corrected chi connectivity index (χ1v) is 13.1. The Labute approximate surface area is 219 Å². The molecule has 0 saturated heterocycles. The molecule has 0 radical (unpaired) electrons. The lowest BCUT2D eigenvalue weighted by atomic mass is 10.0. The van der Waals surface area contributed by atoms with E-state index < -0.39 is 6.04 Å². The van der Waals surface area contributed by atoms with Gasteiger partial charge in [0.25, 0.3) is 0 Å². The van der Waals surface area contributed by atoms with Crippen molar-refractivity contribution in [3.05, 3.63) is 95.1 Å². The van der Waals surface area contributed by atoms with Crippen LogP contribution in [0.5, 0.6) is 11.5 Å². The van der Waals surface area contributed by atoms with E-state index in [0.717, 1.165) is 34.4 Å². The predicted molar refractivity (Wildman–Crippen MR) is 145 cm³/mol. The summed E-state index contributed by atoms with van der Waals surface area (Å²) in [7, 11) is 0. The Bertz CT molecular complexity index is 1180. The first-order chi connectivity index (χ1) is 18.0. The maximum atomic E-state index is 13.8. The van der Waals surface area contributed by atoms with Gasteiger partial charge in [0.15, 0.2) is 11.5 Å². The first-order valence-electron chi connectivity index (χ1n) is 13.1. The van der Waals surface area contributed by atoms with E-state index in [1.165, 1.54) is 0 Å². The SMILES string of the molecule is CCCNC(=O)C(Cc1ccccc1)N(Cc1ccc(C)cc1)C(=O)CCc1ccc2c(c1)OCCO2. The fraction of sp³-hybridized carbons (Fsp3) is 0.355. The van der Waals surface area contributed by atoms with Crippen molar-refractivity contribution in [1.82, 2.24) is 10.2 Å². The molecular formula is C31H36N2O4. The topological polar surface area (TPSA) is 67.9 Å². The number of hydrogen-bond donors (Lipinski definition) is 1. The Kier molecular flexibility index (Phi) is 9.19. The molecule has 0 fully saturated rings. The highest BCUT2D eigenvalue weighted by atomic mass is 16.6. The standard InChI is InChI=1S/C31H36N2O4/c1-3-17-32-31(35)27(20-24-7-5-4-6-8-24)33(22-26-11-9-23(2)10-12-26)30(34)16-14-25-13-15-28-29(21-25)37-19-18-36-28/h4-13,15,21,27H,3,14,16-20,22H2,1-2H3,(H,32,35). The number of amides is 2. The lowest BCUT2D eigenvalue weighted by molar-refractivity contribution is -0.141. The van der Waals surface area contributed by atoms with E-state index in [1.54, 1.807) is 4.90 Å². The van der Waals surface area contributed by atoms with Gasteiger partial charge in [-0.1, -0.05) is 73.2 Å². The molecule has 4 rings (SSSR count). The number of fused-ring (bicyclic) bond motifs is 1. The van der Waals surface area contributed by atoms with Crippen molar-refractivity contribution in [1.29, 1.82) is 0 Å². The van der Waals surface area contributed by atoms with Gasteiger partial charge >= 0.3 is 0 Å². The minimum absolute atomic E-state index is 0.0527. The number of carbonyl (C=O) groups excluding carboxylic acids is 2. The Morgan fingerprint density at radius 2 is 1.59 bits per heavy atom. The molecular weight excluding hydrogens is 464 g/mol. The number of rotatable bonds is 11. The third kappa shape index (κ3) is 7.35. The van der Waals surface area contributed by atoms with E-state index in [9.17, 15) is 9.59 Å². The lowest BCUT2D eigenvalue weighted by Crippen LogP contribution is -2.50. The van der Waals surface area contributed by atoms with Crippen LogP contribution in [0.4, 0.5) is 0 Å². The maximum absolute atomic E-state index is 13.8. The zero-order valence-corrected chi connectivity index (χ0v) is 21.7. The Morgan fingerprint density at radius 1 is 0.892 bits per heavy atom. The smallest absolute Gasteiger partial charge is 0.243 e. The second-order valence-electron chi connectivity index (χ2n) is 9.48. The number of nitrogens with zero attached hydrogens (tertiary/aromatic N) is 1. The number of ether oxygens (including phenoxy) is 2. The third-order valence-corrected chi connectivity index (χ3v) is 6.53. The molecule has 3 aromatic rings. The molecule has 1 aliphatic heterocycles. The molecule has 37 heavy (non-hydrogen) atoms. The number of carbonyl (C=O) groups is 2. The van der Waals surface area contributed by atoms with Gasteiger partial charge in [-0.15, -0.1) is 0 Å². The molecule has 1 N–H and O–H groups in total. The zero-order chi connectivity index (χ0) is 26.0. The molecule has 0 bridgehead atoms. The molecule has 6 nitrogen and oxygen atoms in total. The van der Waals surface area contributed by atoms with Crippen LogP contribution in [-0.4, -0.2) is 42.5 Å². The van der Waals surface area contributed by atoms with Crippen molar-refractivity contribution < 1.29 is 19.1 Å². The molecule has 2 amide bonds. The summed E-state index contributed by atoms with van der Waals surface area (Å²) in [6.45, 7) is 6.08. The van der Waals surface area contributed by atoms with E-state index in [4.69, 9.17) is 9.47 Å². The highest BCUT2D eigenvalue weighted by molar-refractivity contribution is 5.88. The van der Waals surface area contributed by atoms with Crippen LogP contribution in [0.2, 0.25) is 0 Å². The van der Waals surface area contributed by atoms with Crippen LogP contribution in [0.3, 0.4) is 0 Å². The summed E-state index contributed by atoms with van der Waals surface area (Å²) in [5.74, 6) is 1.28. The van der Waals surface area contributed by atoms with Crippen molar-refractivity contribution in [3.8, 4) is 11.5 Å². The minimum Gasteiger partial charge on any atom is -0.486 e. The van der Waals surface area contributed by atoms with Gasteiger partial charge < -0.3 is 19.7 Å². The molecule has 1 atom stereocenters. The van der Waals surface area contributed by atoms with Gasteiger partial charge in [-0.3, -0.25) is 9.59 Å². The molecule has 1 heterocycles. The Balaban J connectivity index is 1.57. The van der Waals surface area contributed by atoms with Gasteiger partial charge in [0.2, 0.25) is 11.8 Å². The van der Waals surface area contributed by atoms with Crippen LogP contribution < -0.4 is 14.8 Å². The average Bonchev–Trinajstić information content (AvgIpc) is 2.93. The first kappa shape index (κ1) is 26.3. The van der Waals surface area contributed by atoms with Crippen LogP contribution in [0.15, 0.2) is 72.8 Å². The molecule has 6 heteroatoms. The second kappa shape index (κ2) is 12.9. The molecule has 0 saturated carbocycles. The van der Waals surface area contributed by atoms with Crippen molar-refractivity contribution in [3.63, 3.8) is 0 Å². The fourth-order valence-corrected chi connectivity index (χ4v) is 4.45. The molecule has 0 spiro atoms. The van der Waals surface area contributed by atoms with Crippen molar-refractivity contribution in [2.75, 3.05) is 19.8 Å². The van der Waals surface area contributed by atoms with Gasteiger partial charge in [0.05, 0.1) is 0 Å². The summed E-state index contributed by atoms with van der Waals surface area (Å²) < 4.78 is 11.3. The van der Waals surface area contributed by atoms with Crippen LogP contribution in [0.1, 0.15) is 42.0 Å². The van der Waals surface area contributed by atoms with E-state index in [0.29, 0.717) is 44.9 Å². The average molecular weight is 501 g/mol. The van der Waals surface area contributed by atoms with E-state index in [-0.39, 0.29) is 18.2 Å². The van der Waals surface area contributed by atoms with Crippen molar-refractivity contribution in [2.24, 2.45) is 0 Å². The fourth-order valence-electron chi connectivity index (χ4n) is 4.45. The third-order valence-electron chi connectivity index (χ3n) is 6.53. The monoisotopic (exact) mass is 500 g/mol. The molecule has 0 aromatic heterocycles. The lowest BCUT2D eigenvalue weighted by Gasteiger charge is -2.32. The van der Waals surface area contributed by atoms with Crippen LogP contribution in [-0.2, 0) is 29.0 Å². The summed E-state index contributed by atoms with van der Waals surface area (Å²) in [5, 5.41) is 3.03. The molecule has 1 unspecified atom stereocenters. The van der Waals surface area contributed by atoms with E-state index in [1.807, 2.05) is 86.6 Å². The number of nitrogens with one attached hydrogen (secondary N) is 1. The van der Waals surface area contributed by atoms with E-state index >= 15 is 0 Å². The molecule has 3 aromatic carbocycles. The predicted octanol–water partition coefficient (Wildman–Crippen LogP) is 4.87. The summed E-state index contributed by atoms with van der Waals surface area (Å²) in [6.07, 6.45) is 2.13. The second-order valence-corrected chi connectivity index (χ2v) is 9.48. The maximum Gasteiger partial charge on any atom is 0.243 e. The number of benzene rings is 3. The van der Waals surface area contributed by atoms with Crippen molar-refractivity contribution >= 4 is 11.8 Å². The van der Waals surface area contributed by atoms with Gasteiger partial charge in [0.1, 0.15) is 19.3 Å². The van der Waals surface area contributed by atoms with Gasteiger partial charge in [0, 0.05) is 25.9 Å². The molecule has 194 valence electrons. The molecule has 0 aliphatic carbocycles. The number of aryl methyl sites for hydroxylation is 2. The highest BCUT2D eigenvalue weighted by Gasteiger charge is 2.30. The van der Waals surface area contributed by atoms with E-state index in [2.05, 4.69) is 5.32 Å². The van der Waals surface area contributed by atoms with Crippen LogP contribution in [0.25, 0.3) is 0 Å². The highest BCUT2D eigenvalue weighted by Crippen LogP contribution is 2.31. The Morgan fingerprint density at radius 3 is 2.32 bits per heavy atom. The molecule has 1 aliphatic rings. The van der Waals surface area contributed by atoms with Gasteiger partial charge in [-0.05, 0) is 48.6 Å². The Hall–Kier alpha value is -3.80. The van der Waals surface area contributed by atoms with Crippen LogP contribution in [0, 0.1) is 6.92 Å². The van der Waals surface area contributed by atoms with Gasteiger partial charge in [-0.2, -0.15) is 0 Å². The van der Waals surface area contributed by atoms with Gasteiger partial charge in [-0.25, -0.2) is 0 Å². The summed E-state index contributed by atoms with van der Waals surface area (Å²) >= 11 is 0. The minimum atomic E-state index is -0.608. The summed E-state index contributed by atoms with van der Waals surface area (Å²) in [4.78, 5) is 28.9. The number of hydrogen-bond acceptors (Lipinski definition) is 4. The van der Waals surface area contributed by atoms with Crippen molar-refractivity contribution in [2.45, 2.75) is 52.1 Å². The zero-order valence-electron chi connectivity index (χ0n) is 21.7. The largest absolute Gasteiger partial charge is 0.486 e. The normalized spacial score (nSPS) is 13.0. The summed E-state index contributed by atoms with van der Waals surface area (Å²) in [5.41, 5.74) is 4.18. The quantitative estimate of drug-likeness (QED) is 0.408. The summed E-state index contributed by atoms with van der Waals surface area (Å²) in [6, 6.07) is 23.2.